The van der Waals surface area contributed by atoms with E-state index < -0.39 is 0 Å². The first-order valence-electron chi connectivity index (χ1n) is 5.44. The SMILES string of the molecule is CC(NC(=O)c1cc(NN)ccn1)C1CC1. The number of nitrogen functional groups attached to an aromatic ring is 1. The number of amides is 1. The lowest BCUT2D eigenvalue weighted by atomic mass is 10.2. The van der Waals surface area contributed by atoms with Gasteiger partial charge in [-0.15, -0.1) is 0 Å². The number of carbonyl (C=O) groups is 1. The van der Waals surface area contributed by atoms with E-state index in [0.717, 1.165) is 0 Å². The molecule has 0 aliphatic heterocycles. The van der Waals surface area contributed by atoms with E-state index in [2.05, 4.69) is 15.7 Å². The molecule has 1 amide bonds. The van der Waals surface area contributed by atoms with E-state index in [4.69, 9.17) is 5.84 Å². The Hall–Kier alpha value is -1.62. The van der Waals surface area contributed by atoms with Gasteiger partial charge in [0.1, 0.15) is 5.69 Å². The van der Waals surface area contributed by atoms with Gasteiger partial charge < -0.3 is 10.7 Å². The lowest BCUT2D eigenvalue weighted by Crippen LogP contribution is -2.34. The zero-order chi connectivity index (χ0) is 11.5. The van der Waals surface area contributed by atoms with Crippen LogP contribution in [0, 0.1) is 5.92 Å². The molecule has 0 spiro atoms. The summed E-state index contributed by atoms with van der Waals surface area (Å²) in [5.41, 5.74) is 3.56. The summed E-state index contributed by atoms with van der Waals surface area (Å²) in [5.74, 6) is 5.77. The highest BCUT2D eigenvalue weighted by molar-refractivity contribution is 5.93. The molecule has 1 saturated carbocycles. The molecule has 0 radical (unpaired) electrons. The van der Waals surface area contributed by atoms with E-state index in [1.54, 1.807) is 18.3 Å². The molecule has 16 heavy (non-hydrogen) atoms. The number of rotatable bonds is 4. The van der Waals surface area contributed by atoms with Gasteiger partial charge >= 0.3 is 0 Å². The zero-order valence-corrected chi connectivity index (χ0v) is 9.23. The van der Waals surface area contributed by atoms with Crippen LogP contribution in [-0.4, -0.2) is 16.9 Å². The van der Waals surface area contributed by atoms with E-state index >= 15 is 0 Å². The van der Waals surface area contributed by atoms with Crippen molar-refractivity contribution in [2.75, 3.05) is 5.43 Å². The van der Waals surface area contributed by atoms with E-state index in [9.17, 15) is 4.79 Å². The van der Waals surface area contributed by atoms with Gasteiger partial charge in [-0.3, -0.25) is 15.6 Å². The van der Waals surface area contributed by atoms with Gasteiger partial charge in [0, 0.05) is 12.2 Å². The Morgan fingerprint density at radius 1 is 1.62 bits per heavy atom. The van der Waals surface area contributed by atoms with Crippen LogP contribution in [0.5, 0.6) is 0 Å². The Balaban J connectivity index is 2.01. The van der Waals surface area contributed by atoms with Crippen LogP contribution in [0.1, 0.15) is 30.3 Å². The number of hydrogen-bond donors (Lipinski definition) is 3. The minimum Gasteiger partial charge on any atom is -0.348 e. The number of hydrogen-bond acceptors (Lipinski definition) is 4. The predicted octanol–water partition coefficient (Wildman–Crippen LogP) is 0.895. The third-order valence-corrected chi connectivity index (χ3v) is 2.85. The van der Waals surface area contributed by atoms with Gasteiger partial charge in [0.15, 0.2) is 0 Å². The predicted molar refractivity (Wildman–Crippen MR) is 61.7 cm³/mol. The molecule has 1 atom stereocenters. The molecule has 5 heteroatoms. The minimum absolute atomic E-state index is 0.142. The van der Waals surface area contributed by atoms with Crippen molar-refractivity contribution in [2.24, 2.45) is 11.8 Å². The molecule has 1 fully saturated rings. The molecular formula is C11H16N4O. The van der Waals surface area contributed by atoms with Gasteiger partial charge in [-0.2, -0.15) is 0 Å². The maximum absolute atomic E-state index is 11.8. The first-order chi connectivity index (χ1) is 7.70. The van der Waals surface area contributed by atoms with Crippen LogP contribution in [0.3, 0.4) is 0 Å². The van der Waals surface area contributed by atoms with Crippen molar-refractivity contribution in [3.63, 3.8) is 0 Å². The molecule has 1 aromatic heterocycles. The number of anilines is 1. The van der Waals surface area contributed by atoms with Gasteiger partial charge in [-0.05, 0) is 37.8 Å². The average Bonchev–Trinajstić information content (AvgIpc) is 3.13. The standard InChI is InChI=1S/C11H16N4O/c1-7(8-2-3-8)14-11(16)10-6-9(15-12)4-5-13-10/h4-8H,2-3,12H2,1H3,(H,13,15)(H,14,16). The van der Waals surface area contributed by atoms with Gasteiger partial charge in [0.05, 0.1) is 5.69 Å². The fourth-order valence-corrected chi connectivity index (χ4v) is 1.64. The summed E-state index contributed by atoms with van der Waals surface area (Å²) in [5, 5.41) is 2.94. The van der Waals surface area contributed by atoms with Crippen molar-refractivity contribution in [3.8, 4) is 0 Å². The Labute approximate surface area is 94.4 Å². The molecule has 1 aromatic rings. The zero-order valence-electron chi connectivity index (χ0n) is 9.23. The largest absolute Gasteiger partial charge is 0.348 e. The lowest BCUT2D eigenvalue weighted by Gasteiger charge is -2.12. The molecule has 1 aliphatic rings. The molecule has 2 rings (SSSR count). The van der Waals surface area contributed by atoms with Crippen LogP contribution in [0.2, 0.25) is 0 Å². The number of pyridine rings is 1. The topological polar surface area (TPSA) is 80.0 Å². The lowest BCUT2D eigenvalue weighted by molar-refractivity contribution is 0.0931. The average molecular weight is 220 g/mol. The summed E-state index contributed by atoms with van der Waals surface area (Å²) in [6, 6.07) is 3.57. The monoisotopic (exact) mass is 220 g/mol. The number of hydrazine groups is 1. The Bertz CT molecular complexity index is 389. The van der Waals surface area contributed by atoms with Crippen LogP contribution in [0.15, 0.2) is 18.3 Å². The van der Waals surface area contributed by atoms with E-state index in [1.165, 1.54) is 12.8 Å². The van der Waals surface area contributed by atoms with Crippen molar-refractivity contribution >= 4 is 11.6 Å². The number of nitrogens with two attached hydrogens (primary N) is 1. The van der Waals surface area contributed by atoms with Crippen molar-refractivity contribution in [2.45, 2.75) is 25.8 Å². The van der Waals surface area contributed by atoms with E-state index in [-0.39, 0.29) is 11.9 Å². The summed E-state index contributed by atoms with van der Waals surface area (Å²) >= 11 is 0. The molecule has 5 nitrogen and oxygen atoms in total. The fourth-order valence-electron chi connectivity index (χ4n) is 1.64. The second kappa shape index (κ2) is 4.49. The number of nitrogens with one attached hydrogen (secondary N) is 2. The first kappa shape index (κ1) is 10.9. The number of nitrogens with zero attached hydrogens (tertiary/aromatic N) is 1. The first-order valence-corrected chi connectivity index (χ1v) is 5.44. The Kier molecular flexibility index (Phi) is 3.05. The maximum atomic E-state index is 11.8. The summed E-state index contributed by atoms with van der Waals surface area (Å²) in [4.78, 5) is 15.8. The molecular weight excluding hydrogens is 204 g/mol. The van der Waals surface area contributed by atoms with Crippen molar-refractivity contribution < 1.29 is 4.79 Å². The molecule has 86 valence electrons. The quantitative estimate of drug-likeness (QED) is 0.520. The second-order valence-corrected chi connectivity index (χ2v) is 4.17. The smallest absolute Gasteiger partial charge is 0.270 e. The van der Waals surface area contributed by atoms with Crippen LogP contribution in [-0.2, 0) is 0 Å². The van der Waals surface area contributed by atoms with E-state index in [0.29, 0.717) is 17.3 Å². The molecule has 0 aromatic carbocycles. The maximum Gasteiger partial charge on any atom is 0.270 e. The second-order valence-electron chi connectivity index (χ2n) is 4.17. The highest BCUT2D eigenvalue weighted by atomic mass is 16.1. The van der Waals surface area contributed by atoms with Gasteiger partial charge in [0.25, 0.3) is 5.91 Å². The van der Waals surface area contributed by atoms with Crippen molar-refractivity contribution in [1.29, 1.82) is 0 Å². The highest BCUT2D eigenvalue weighted by Crippen LogP contribution is 2.32. The molecule has 1 aliphatic carbocycles. The molecule has 4 N–H and O–H groups in total. The third-order valence-electron chi connectivity index (χ3n) is 2.85. The van der Waals surface area contributed by atoms with Gasteiger partial charge in [-0.1, -0.05) is 0 Å². The van der Waals surface area contributed by atoms with Crippen LogP contribution < -0.4 is 16.6 Å². The number of aromatic nitrogens is 1. The van der Waals surface area contributed by atoms with E-state index in [1.807, 2.05) is 6.92 Å². The number of carbonyl (C=O) groups excluding carboxylic acids is 1. The molecule has 0 saturated heterocycles. The van der Waals surface area contributed by atoms with Crippen molar-refractivity contribution in [3.05, 3.63) is 24.0 Å². The van der Waals surface area contributed by atoms with Crippen LogP contribution >= 0.6 is 0 Å². The fraction of sp³-hybridized carbons (Fsp3) is 0.455. The van der Waals surface area contributed by atoms with Gasteiger partial charge in [0.2, 0.25) is 0 Å². The summed E-state index contributed by atoms with van der Waals surface area (Å²) in [7, 11) is 0. The van der Waals surface area contributed by atoms with Crippen LogP contribution in [0.25, 0.3) is 0 Å². The Morgan fingerprint density at radius 2 is 2.38 bits per heavy atom. The normalized spacial score (nSPS) is 16.6. The van der Waals surface area contributed by atoms with Gasteiger partial charge in [-0.25, -0.2) is 0 Å². The summed E-state index contributed by atoms with van der Waals surface area (Å²) in [6.07, 6.45) is 3.98. The third kappa shape index (κ3) is 2.49. The van der Waals surface area contributed by atoms with Crippen LogP contribution in [0.4, 0.5) is 5.69 Å². The molecule has 1 heterocycles. The summed E-state index contributed by atoms with van der Waals surface area (Å²) < 4.78 is 0. The van der Waals surface area contributed by atoms with Crippen molar-refractivity contribution in [1.82, 2.24) is 10.3 Å². The minimum atomic E-state index is -0.142. The molecule has 1 unspecified atom stereocenters. The summed E-state index contributed by atoms with van der Waals surface area (Å²) in [6.45, 7) is 2.03. The molecule has 0 bridgehead atoms. The Morgan fingerprint density at radius 3 is 3.00 bits per heavy atom. The highest BCUT2D eigenvalue weighted by Gasteiger charge is 2.29.